The van der Waals surface area contributed by atoms with Gasteiger partial charge in [-0.05, 0) is 31.4 Å². The molecule has 5 heteroatoms. The number of hydrogen-bond donors (Lipinski definition) is 1. The van der Waals surface area contributed by atoms with E-state index in [4.69, 9.17) is 0 Å². The van der Waals surface area contributed by atoms with Crippen molar-refractivity contribution in [2.45, 2.75) is 61.1 Å². The van der Waals surface area contributed by atoms with Crippen molar-refractivity contribution in [3.8, 4) is 0 Å². The van der Waals surface area contributed by atoms with Gasteiger partial charge < -0.3 is 5.11 Å². The quantitative estimate of drug-likeness (QED) is 0.885. The summed E-state index contributed by atoms with van der Waals surface area (Å²) in [5.74, 6) is 0.725. The number of allylic oxidation sites excluding steroid dienone is 1. The summed E-state index contributed by atoms with van der Waals surface area (Å²) < 4.78 is 4.12. The van der Waals surface area contributed by atoms with Crippen LogP contribution in [0.2, 0.25) is 0 Å². The molecule has 2 heterocycles. The Bertz CT molecular complexity index is 465. The Morgan fingerprint density at radius 1 is 1.25 bits per heavy atom. The Morgan fingerprint density at radius 3 is 2.15 bits per heavy atom. The Morgan fingerprint density at radius 2 is 1.80 bits per heavy atom. The molecule has 0 fully saturated rings. The minimum atomic E-state index is -0.634. The van der Waals surface area contributed by atoms with Crippen molar-refractivity contribution in [1.82, 2.24) is 9.36 Å². The first-order chi connectivity index (χ1) is 9.56. The Kier molecular flexibility index (Phi) is 8.34. The first-order valence-electron chi connectivity index (χ1n) is 7.22. The van der Waals surface area contributed by atoms with Gasteiger partial charge >= 0.3 is 0 Å². The molecule has 1 aliphatic heterocycles. The second kappa shape index (κ2) is 8.87. The predicted octanol–water partition coefficient (Wildman–Crippen LogP) is 4.28. The van der Waals surface area contributed by atoms with E-state index in [0.717, 1.165) is 29.1 Å². The normalized spacial score (nSPS) is 17.5. The highest BCUT2D eigenvalue weighted by molar-refractivity contribution is 7.09. The topological polar surface area (TPSA) is 49.2 Å². The molecule has 0 saturated carbocycles. The van der Waals surface area contributed by atoms with Crippen LogP contribution in [0.1, 0.15) is 53.8 Å². The monoisotopic (exact) mass is 297 g/mol. The fraction of sp³-hybridized carbons (Fsp3) is 0.600. The average Bonchev–Trinajstić information content (AvgIpc) is 2.98. The first-order valence-corrected chi connectivity index (χ1v) is 8.00. The lowest BCUT2D eigenvalue weighted by Crippen LogP contribution is -2.30. The molecule has 0 amide bonds. The highest BCUT2D eigenvalue weighted by Gasteiger charge is 2.33. The Balaban J connectivity index is 0.000000829. The van der Waals surface area contributed by atoms with E-state index in [1.165, 1.54) is 11.5 Å². The van der Waals surface area contributed by atoms with Crippen LogP contribution in [0.3, 0.4) is 0 Å². The van der Waals surface area contributed by atoms with Crippen LogP contribution in [0, 0.1) is 6.92 Å². The molecule has 1 aromatic rings. The summed E-state index contributed by atoms with van der Waals surface area (Å²) in [6.07, 6.45) is 0.185. The van der Waals surface area contributed by atoms with Gasteiger partial charge in [-0.2, -0.15) is 4.37 Å². The van der Waals surface area contributed by atoms with Crippen LogP contribution in [0.25, 0.3) is 0 Å². The molecule has 1 unspecified atom stereocenters. The van der Waals surface area contributed by atoms with Crippen molar-refractivity contribution in [2.75, 3.05) is 4.90 Å². The maximum Gasteiger partial charge on any atom is 0.212 e. The van der Waals surface area contributed by atoms with Crippen LogP contribution in [0.15, 0.2) is 23.4 Å². The summed E-state index contributed by atoms with van der Waals surface area (Å²) in [5.41, 5.74) is 2.89. The van der Waals surface area contributed by atoms with Crippen molar-refractivity contribution >= 4 is 16.7 Å². The molecular formula is C15H27N3OS. The van der Waals surface area contributed by atoms with Crippen molar-refractivity contribution in [3.05, 3.63) is 29.2 Å². The third-order valence-electron chi connectivity index (χ3n) is 2.87. The van der Waals surface area contributed by atoms with Crippen LogP contribution in [0.5, 0.6) is 0 Å². The maximum atomic E-state index is 10.2. The molecule has 1 N–H and O–H groups in total. The molecule has 1 aromatic heterocycles. The lowest BCUT2D eigenvalue weighted by Gasteiger charge is -2.21. The minimum Gasteiger partial charge on any atom is -0.369 e. The van der Waals surface area contributed by atoms with E-state index >= 15 is 0 Å². The van der Waals surface area contributed by atoms with E-state index in [1.54, 1.807) is 4.90 Å². The van der Waals surface area contributed by atoms with Crippen molar-refractivity contribution < 1.29 is 5.11 Å². The molecule has 0 spiro atoms. The van der Waals surface area contributed by atoms with Gasteiger partial charge in [0.05, 0.1) is 0 Å². The molecule has 20 heavy (non-hydrogen) atoms. The van der Waals surface area contributed by atoms with Crippen LogP contribution in [-0.2, 0) is 0 Å². The van der Waals surface area contributed by atoms with Crippen molar-refractivity contribution in [2.24, 2.45) is 0 Å². The Hall–Kier alpha value is -1.20. The SMILES string of the molecule is C=C1C(C)=C(CC)C(O)N1c1nc(C)ns1.CC.CC. The molecule has 0 bridgehead atoms. The van der Waals surface area contributed by atoms with Crippen LogP contribution < -0.4 is 4.90 Å². The fourth-order valence-corrected chi connectivity index (χ4v) is 2.64. The van der Waals surface area contributed by atoms with Gasteiger partial charge in [-0.25, -0.2) is 4.98 Å². The third kappa shape index (κ3) is 3.67. The van der Waals surface area contributed by atoms with Gasteiger partial charge in [0.25, 0.3) is 0 Å². The summed E-state index contributed by atoms with van der Waals surface area (Å²) in [4.78, 5) is 6.03. The lowest BCUT2D eigenvalue weighted by atomic mass is 10.1. The summed E-state index contributed by atoms with van der Waals surface area (Å²) in [6.45, 7) is 17.9. The fourth-order valence-electron chi connectivity index (χ4n) is 1.91. The van der Waals surface area contributed by atoms with E-state index in [0.29, 0.717) is 5.13 Å². The van der Waals surface area contributed by atoms with Crippen LogP contribution in [-0.4, -0.2) is 20.7 Å². The van der Waals surface area contributed by atoms with Gasteiger partial charge in [0.15, 0.2) is 6.23 Å². The molecule has 0 saturated heterocycles. The average molecular weight is 297 g/mol. The first kappa shape index (κ1) is 18.8. The van der Waals surface area contributed by atoms with Gasteiger partial charge in [0.2, 0.25) is 5.13 Å². The number of nitrogens with zero attached hydrogens (tertiary/aromatic N) is 3. The number of aromatic nitrogens is 2. The summed E-state index contributed by atoms with van der Waals surface area (Å²) in [6, 6.07) is 0. The maximum absolute atomic E-state index is 10.2. The molecule has 0 aliphatic carbocycles. The van der Waals surface area contributed by atoms with E-state index in [1.807, 2.05) is 48.5 Å². The van der Waals surface area contributed by atoms with Gasteiger partial charge in [-0.15, -0.1) is 0 Å². The third-order valence-corrected chi connectivity index (χ3v) is 3.67. The summed E-state index contributed by atoms with van der Waals surface area (Å²) in [5, 5.41) is 10.9. The number of rotatable bonds is 2. The summed E-state index contributed by atoms with van der Waals surface area (Å²) >= 11 is 1.29. The van der Waals surface area contributed by atoms with E-state index < -0.39 is 6.23 Å². The number of aliphatic hydroxyl groups excluding tert-OH is 1. The summed E-state index contributed by atoms with van der Waals surface area (Å²) in [7, 11) is 0. The minimum absolute atomic E-state index is 0.634. The highest BCUT2D eigenvalue weighted by Crippen LogP contribution is 2.37. The number of hydrogen-bond acceptors (Lipinski definition) is 5. The Labute approximate surface area is 127 Å². The predicted molar refractivity (Wildman–Crippen MR) is 88.0 cm³/mol. The van der Waals surface area contributed by atoms with Gasteiger partial charge in [-0.3, -0.25) is 4.90 Å². The van der Waals surface area contributed by atoms with E-state index in [2.05, 4.69) is 15.9 Å². The zero-order chi connectivity index (χ0) is 15.9. The van der Waals surface area contributed by atoms with Crippen molar-refractivity contribution in [3.63, 3.8) is 0 Å². The lowest BCUT2D eigenvalue weighted by molar-refractivity contribution is 0.217. The van der Waals surface area contributed by atoms with Gasteiger partial charge in [-0.1, -0.05) is 41.2 Å². The molecular weight excluding hydrogens is 270 g/mol. The van der Waals surface area contributed by atoms with Gasteiger partial charge in [0.1, 0.15) is 5.82 Å². The largest absolute Gasteiger partial charge is 0.369 e. The number of anilines is 1. The molecule has 0 aromatic carbocycles. The van der Waals surface area contributed by atoms with Gasteiger partial charge in [0, 0.05) is 17.2 Å². The molecule has 1 aliphatic rings. The van der Waals surface area contributed by atoms with Crippen molar-refractivity contribution in [1.29, 1.82) is 0 Å². The van der Waals surface area contributed by atoms with E-state index in [9.17, 15) is 5.11 Å². The zero-order valence-corrected chi connectivity index (χ0v) is 14.5. The van der Waals surface area contributed by atoms with Crippen LogP contribution in [0.4, 0.5) is 5.13 Å². The van der Waals surface area contributed by atoms with Crippen LogP contribution >= 0.6 is 11.5 Å². The molecule has 1 atom stereocenters. The number of aryl methyl sites for hydroxylation is 1. The molecule has 0 radical (unpaired) electrons. The molecule has 2 rings (SSSR count). The smallest absolute Gasteiger partial charge is 0.212 e. The number of aliphatic hydroxyl groups is 1. The second-order valence-electron chi connectivity index (χ2n) is 3.82. The zero-order valence-electron chi connectivity index (χ0n) is 13.7. The second-order valence-corrected chi connectivity index (χ2v) is 4.55. The highest BCUT2D eigenvalue weighted by atomic mass is 32.1. The molecule has 4 nitrogen and oxygen atoms in total. The van der Waals surface area contributed by atoms with E-state index in [-0.39, 0.29) is 0 Å². The molecule has 114 valence electrons. The standard InChI is InChI=1S/C11H15N3OS.2C2H6/c1-5-9-6(2)7(3)14(10(9)15)11-12-8(4)13-16-11;2*1-2/h10,15H,3,5H2,1-2,4H3;2*1-2H3.